The summed E-state index contributed by atoms with van der Waals surface area (Å²) in [6.07, 6.45) is 3.13. The van der Waals surface area contributed by atoms with Gasteiger partial charge in [-0.15, -0.1) is 0 Å². The van der Waals surface area contributed by atoms with Crippen LogP contribution < -0.4 is 4.74 Å². The zero-order valence-electron chi connectivity index (χ0n) is 14.6. The molecule has 25 heavy (non-hydrogen) atoms. The molecule has 1 amide bonds. The van der Waals surface area contributed by atoms with Crippen LogP contribution in [0.1, 0.15) is 43.4 Å². The highest BCUT2D eigenvalue weighted by Crippen LogP contribution is 2.33. The zero-order valence-corrected chi connectivity index (χ0v) is 14.6. The first-order valence-corrected chi connectivity index (χ1v) is 8.94. The lowest BCUT2D eigenvalue weighted by Crippen LogP contribution is -2.30. The molecule has 1 atom stereocenters. The van der Waals surface area contributed by atoms with Crippen LogP contribution in [0.5, 0.6) is 5.75 Å². The second-order valence-corrected chi connectivity index (χ2v) is 6.37. The van der Waals surface area contributed by atoms with Gasteiger partial charge in [0.05, 0.1) is 12.6 Å². The average molecular weight is 341 g/mol. The van der Waals surface area contributed by atoms with Crippen molar-refractivity contribution in [2.45, 2.75) is 38.6 Å². The quantitative estimate of drug-likeness (QED) is 0.773. The molecule has 3 rings (SSSR count). The monoisotopic (exact) mass is 341 g/mol. The van der Waals surface area contributed by atoms with Crippen molar-refractivity contribution in [1.29, 1.82) is 0 Å². The van der Waals surface area contributed by atoms with Gasteiger partial charge in [0.25, 0.3) is 0 Å². The van der Waals surface area contributed by atoms with Crippen LogP contribution >= 0.6 is 0 Å². The van der Waals surface area contributed by atoms with Crippen LogP contribution in [0, 0.1) is 5.82 Å². The van der Waals surface area contributed by atoms with Crippen molar-refractivity contribution >= 4 is 5.91 Å². The van der Waals surface area contributed by atoms with Crippen LogP contribution in [0.3, 0.4) is 0 Å². The number of aryl methyl sites for hydroxylation is 1. The summed E-state index contributed by atoms with van der Waals surface area (Å²) in [5, 5.41) is 0. The Morgan fingerprint density at radius 2 is 1.88 bits per heavy atom. The highest BCUT2D eigenvalue weighted by molar-refractivity contribution is 5.77. The molecule has 1 unspecified atom stereocenters. The van der Waals surface area contributed by atoms with Crippen LogP contribution in [0.15, 0.2) is 48.5 Å². The number of hydrogen-bond donors (Lipinski definition) is 0. The molecule has 2 aromatic carbocycles. The van der Waals surface area contributed by atoms with Gasteiger partial charge >= 0.3 is 0 Å². The first-order chi connectivity index (χ1) is 12.2. The normalized spacial score (nSPS) is 16.9. The van der Waals surface area contributed by atoms with Crippen LogP contribution in [0.2, 0.25) is 0 Å². The van der Waals surface area contributed by atoms with E-state index in [1.807, 2.05) is 24.0 Å². The molecule has 0 aromatic heterocycles. The minimum Gasteiger partial charge on any atom is -0.494 e. The number of benzene rings is 2. The zero-order chi connectivity index (χ0) is 17.6. The van der Waals surface area contributed by atoms with Gasteiger partial charge in [0.2, 0.25) is 5.91 Å². The first-order valence-electron chi connectivity index (χ1n) is 8.94. The lowest BCUT2D eigenvalue weighted by atomic mass is 10.0. The third-order valence-corrected chi connectivity index (χ3v) is 4.69. The number of ether oxygens (including phenoxy) is 1. The van der Waals surface area contributed by atoms with E-state index in [9.17, 15) is 9.18 Å². The summed E-state index contributed by atoms with van der Waals surface area (Å²) in [6.45, 7) is 3.42. The lowest BCUT2D eigenvalue weighted by Gasteiger charge is -2.25. The van der Waals surface area contributed by atoms with E-state index in [1.165, 1.54) is 12.1 Å². The standard InChI is InChI=1S/C21H24FNO2/c1-2-25-19-12-8-17(9-13-19)20-4-3-15-23(20)21(24)14-7-16-5-10-18(22)11-6-16/h5-6,8-13,20H,2-4,7,14-15H2,1H3. The predicted octanol–water partition coefficient (Wildman–Crippen LogP) is 4.52. The fourth-order valence-corrected chi connectivity index (χ4v) is 3.41. The van der Waals surface area contributed by atoms with Crippen molar-refractivity contribution in [2.75, 3.05) is 13.2 Å². The molecule has 1 heterocycles. The summed E-state index contributed by atoms with van der Waals surface area (Å²) in [5.74, 6) is 0.782. The van der Waals surface area contributed by atoms with Crippen LogP contribution in [0.25, 0.3) is 0 Å². The summed E-state index contributed by atoms with van der Waals surface area (Å²) in [5.41, 5.74) is 2.16. The molecule has 0 radical (unpaired) electrons. The van der Waals surface area contributed by atoms with Gasteiger partial charge in [0.15, 0.2) is 0 Å². The minimum absolute atomic E-state index is 0.149. The SMILES string of the molecule is CCOc1ccc(C2CCCN2C(=O)CCc2ccc(F)cc2)cc1. The smallest absolute Gasteiger partial charge is 0.223 e. The number of likely N-dealkylation sites (tertiary alicyclic amines) is 1. The van der Waals surface area contributed by atoms with Gasteiger partial charge < -0.3 is 9.64 Å². The molecular formula is C21H24FNO2. The number of amides is 1. The van der Waals surface area contributed by atoms with Crippen LogP contribution in [-0.2, 0) is 11.2 Å². The molecule has 1 fully saturated rings. The van der Waals surface area contributed by atoms with Crippen molar-refractivity contribution in [3.63, 3.8) is 0 Å². The Kier molecular flexibility index (Phi) is 5.69. The third kappa shape index (κ3) is 4.38. The van der Waals surface area contributed by atoms with E-state index in [4.69, 9.17) is 4.74 Å². The Morgan fingerprint density at radius 3 is 2.56 bits per heavy atom. The van der Waals surface area contributed by atoms with E-state index < -0.39 is 0 Å². The van der Waals surface area contributed by atoms with Gasteiger partial charge in [-0.2, -0.15) is 0 Å². The van der Waals surface area contributed by atoms with Crippen molar-refractivity contribution in [3.05, 3.63) is 65.5 Å². The van der Waals surface area contributed by atoms with Gasteiger partial charge in [0, 0.05) is 13.0 Å². The number of carbonyl (C=O) groups is 1. The molecule has 1 aliphatic heterocycles. The lowest BCUT2D eigenvalue weighted by molar-refractivity contribution is -0.132. The summed E-state index contributed by atoms with van der Waals surface area (Å²) in [6, 6.07) is 14.6. The minimum atomic E-state index is -0.245. The number of hydrogen-bond acceptors (Lipinski definition) is 2. The van der Waals surface area contributed by atoms with Crippen molar-refractivity contribution in [2.24, 2.45) is 0 Å². The summed E-state index contributed by atoms with van der Waals surface area (Å²) in [4.78, 5) is 14.7. The number of nitrogens with zero attached hydrogens (tertiary/aromatic N) is 1. The van der Waals surface area contributed by atoms with E-state index in [0.29, 0.717) is 19.4 Å². The Hall–Kier alpha value is -2.36. The van der Waals surface area contributed by atoms with E-state index >= 15 is 0 Å². The van der Waals surface area contributed by atoms with Gasteiger partial charge in [-0.25, -0.2) is 4.39 Å². The summed E-state index contributed by atoms with van der Waals surface area (Å²) >= 11 is 0. The molecule has 1 saturated heterocycles. The second kappa shape index (κ2) is 8.15. The fraction of sp³-hybridized carbons (Fsp3) is 0.381. The summed E-state index contributed by atoms with van der Waals surface area (Å²) < 4.78 is 18.4. The van der Waals surface area contributed by atoms with Crippen LogP contribution in [-0.4, -0.2) is 24.0 Å². The number of halogens is 1. The van der Waals surface area contributed by atoms with Gasteiger partial charge in [-0.1, -0.05) is 24.3 Å². The molecule has 0 saturated carbocycles. The number of carbonyl (C=O) groups excluding carboxylic acids is 1. The fourth-order valence-electron chi connectivity index (χ4n) is 3.41. The van der Waals surface area contributed by atoms with Crippen molar-refractivity contribution in [3.8, 4) is 5.75 Å². The Labute approximate surface area is 148 Å². The molecule has 0 N–H and O–H groups in total. The topological polar surface area (TPSA) is 29.5 Å². The van der Waals surface area contributed by atoms with Crippen molar-refractivity contribution < 1.29 is 13.9 Å². The highest BCUT2D eigenvalue weighted by atomic mass is 19.1. The van der Waals surface area contributed by atoms with Gasteiger partial charge in [-0.05, 0) is 61.6 Å². The third-order valence-electron chi connectivity index (χ3n) is 4.69. The van der Waals surface area contributed by atoms with E-state index in [0.717, 1.165) is 36.3 Å². The van der Waals surface area contributed by atoms with E-state index in [-0.39, 0.29) is 17.8 Å². The molecule has 0 spiro atoms. The Morgan fingerprint density at radius 1 is 1.16 bits per heavy atom. The molecule has 4 heteroatoms. The molecule has 0 aliphatic carbocycles. The van der Waals surface area contributed by atoms with Crippen LogP contribution in [0.4, 0.5) is 4.39 Å². The second-order valence-electron chi connectivity index (χ2n) is 6.37. The molecule has 1 aliphatic rings. The Bertz CT molecular complexity index is 697. The van der Waals surface area contributed by atoms with E-state index in [1.54, 1.807) is 12.1 Å². The molecule has 0 bridgehead atoms. The largest absolute Gasteiger partial charge is 0.494 e. The first kappa shape index (κ1) is 17.5. The number of rotatable bonds is 6. The molecular weight excluding hydrogens is 317 g/mol. The molecule has 2 aromatic rings. The highest BCUT2D eigenvalue weighted by Gasteiger charge is 2.29. The summed E-state index contributed by atoms with van der Waals surface area (Å²) in [7, 11) is 0. The molecule has 132 valence electrons. The van der Waals surface area contributed by atoms with E-state index in [2.05, 4.69) is 12.1 Å². The maximum absolute atomic E-state index is 13.0. The average Bonchev–Trinajstić information content (AvgIpc) is 3.12. The molecule has 3 nitrogen and oxygen atoms in total. The maximum atomic E-state index is 13.0. The maximum Gasteiger partial charge on any atom is 0.223 e. The van der Waals surface area contributed by atoms with Gasteiger partial charge in [0.1, 0.15) is 11.6 Å². The van der Waals surface area contributed by atoms with Gasteiger partial charge in [-0.3, -0.25) is 4.79 Å². The van der Waals surface area contributed by atoms with Crippen molar-refractivity contribution in [1.82, 2.24) is 4.90 Å². The predicted molar refractivity (Wildman–Crippen MR) is 96.0 cm³/mol. The Balaban J connectivity index is 1.62.